The van der Waals surface area contributed by atoms with Crippen molar-refractivity contribution in [1.82, 2.24) is 10.6 Å². The number of nitrogens with zero attached hydrogens (tertiary/aromatic N) is 1. The molecule has 0 unspecified atom stereocenters. The van der Waals surface area contributed by atoms with Gasteiger partial charge in [-0.25, -0.2) is 4.79 Å². The van der Waals surface area contributed by atoms with Gasteiger partial charge in [0.05, 0.1) is 14.2 Å². The van der Waals surface area contributed by atoms with Gasteiger partial charge in [-0.15, -0.1) is 24.0 Å². The third kappa shape index (κ3) is 5.62. The number of carbonyl (C=O) groups is 1. The summed E-state index contributed by atoms with van der Waals surface area (Å²) in [5, 5.41) is 6.74. The number of hydrogen-bond donors (Lipinski definition) is 2. The molecule has 0 amide bonds. The van der Waals surface area contributed by atoms with Gasteiger partial charge in [-0.05, 0) is 36.1 Å². The lowest BCUT2D eigenvalue weighted by atomic mass is 9.96. The molecule has 156 valence electrons. The smallest absolute Gasteiger partial charge is 0.341 e. The van der Waals surface area contributed by atoms with E-state index in [1.165, 1.54) is 32.6 Å². The number of halogens is 1. The van der Waals surface area contributed by atoms with E-state index < -0.39 is 5.97 Å². The Balaban J connectivity index is 0.00000300. The van der Waals surface area contributed by atoms with E-state index in [1.54, 1.807) is 19.2 Å². The minimum absolute atomic E-state index is 0. The van der Waals surface area contributed by atoms with Crippen molar-refractivity contribution in [2.24, 2.45) is 4.99 Å². The number of esters is 1. The number of guanidine groups is 1. The fraction of sp³-hybridized carbons (Fsp3) is 0.364. The zero-order valence-electron chi connectivity index (χ0n) is 17.0. The Morgan fingerprint density at radius 2 is 1.83 bits per heavy atom. The average molecular weight is 509 g/mol. The summed E-state index contributed by atoms with van der Waals surface area (Å²) >= 11 is 0. The Kier molecular flexibility index (Phi) is 8.31. The van der Waals surface area contributed by atoms with Crippen LogP contribution in [0.4, 0.5) is 0 Å². The van der Waals surface area contributed by atoms with Crippen molar-refractivity contribution in [2.75, 3.05) is 27.8 Å². The molecule has 7 heteroatoms. The highest BCUT2D eigenvalue weighted by molar-refractivity contribution is 14.0. The maximum absolute atomic E-state index is 11.9. The van der Waals surface area contributed by atoms with Crippen LogP contribution in [0, 0.1) is 0 Å². The van der Waals surface area contributed by atoms with Gasteiger partial charge < -0.3 is 20.1 Å². The lowest BCUT2D eigenvalue weighted by Crippen LogP contribution is -2.40. The number of benzene rings is 2. The van der Waals surface area contributed by atoms with E-state index in [4.69, 9.17) is 9.47 Å². The number of rotatable bonds is 7. The van der Waals surface area contributed by atoms with Crippen LogP contribution < -0.4 is 15.4 Å². The first-order chi connectivity index (χ1) is 13.6. The molecule has 1 saturated carbocycles. The van der Waals surface area contributed by atoms with Gasteiger partial charge in [0, 0.05) is 25.6 Å². The number of aliphatic imine (C=N–C) groups is 1. The molecule has 0 atom stereocenters. The van der Waals surface area contributed by atoms with Crippen molar-refractivity contribution < 1.29 is 14.3 Å². The monoisotopic (exact) mass is 509 g/mol. The van der Waals surface area contributed by atoms with E-state index in [2.05, 4.69) is 39.9 Å². The highest BCUT2D eigenvalue weighted by Gasteiger charge is 2.43. The summed E-state index contributed by atoms with van der Waals surface area (Å²) in [7, 11) is 4.65. The standard InChI is InChI=1S/C22H27N3O3.HI/c1-23-21(25-15-22(11-12-22)17-7-5-4-6-8-17)24-14-16-9-10-19(27-2)18(13-16)20(26)28-3;/h4-10,13H,11-12,14-15H2,1-3H3,(H2,23,24,25);1H. The summed E-state index contributed by atoms with van der Waals surface area (Å²) < 4.78 is 10.1. The molecule has 2 N–H and O–H groups in total. The fourth-order valence-corrected chi connectivity index (χ4v) is 3.30. The van der Waals surface area contributed by atoms with Crippen LogP contribution in [0.1, 0.15) is 34.3 Å². The topological polar surface area (TPSA) is 72.0 Å². The van der Waals surface area contributed by atoms with Gasteiger partial charge in [0.25, 0.3) is 0 Å². The van der Waals surface area contributed by atoms with E-state index in [1.807, 2.05) is 12.1 Å². The number of methoxy groups -OCH3 is 2. The molecule has 3 rings (SSSR count). The SMILES string of the molecule is CN=C(NCc1ccc(OC)c(C(=O)OC)c1)NCC1(c2ccccc2)CC1.I. The maximum Gasteiger partial charge on any atom is 0.341 e. The number of ether oxygens (including phenoxy) is 2. The second kappa shape index (κ2) is 10.5. The first-order valence-electron chi connectivity index (χ1n) is 9.37. The Hall–Kier alpha value is -2.29. The van der Waals surface area contributed by atoms with Gasteiger partial charge in [-0.3, -0.25) is 4.99 Å². The molecule has 6 nitrogen and oxygen atoms in total. The molecular formula is C22H28IN3O3. The molecule has 0 aliphatic heterocycles. The fourth-order valence-electron chi connectivity index (χ4n) is 3.30. The van der Waals surface area contributed by atoms with Crippen molar-refractivity contribution in [3.8, 4) is 5.75 Å². The third-order valence-corrected chi connectivity index (χ3v) is 5.19. The van der Waals surface area contributed by atoms with Crippen LogP contribution in [0.2, 0.25) is 0 Å². The van der Waals surface area contributed by atoms with E-state index in [9.17, 15) is 4.79 Å². The normalized spacial score (nSPS) is 14.4. The minimum Gasteiger partial charge on any atom is -0.496 e. The minimum atomic E-state index is -0.417. The Labute approximate surface area is 189 Å². The largest absolute Gasteiger partial charge is 0.496 e. The lowest BCUT2D eigenvalue weighted by Gasteiger charge is -2.19. The van der Waals surface area contributed by atoms with E-state index >= 15 is 0 Å². The van der Waals surface area contributed by atoms with Crippen LogP contribution in [0.25, 0.3) is 0 Å². The van der Waals surface area contributed by atoms with Gasteiger partial charge >= 0.3 is 5.97 Å². The first kappa shape index (κ1) is 23.0. The Bertz CT molecular complexity index is 852. The average Bonchev–Trinajstić information content (AvgIpc) is 3.55. The predicted molar refractivity (Wildman–Crippen MR) is 125 cm³/mol. The zero-order valence-corrected chi connectivity index (χ0v) is 19.4. The second-order valence-electron chi connectivity index (χ2n) is 6.95. The van der Waals surface area contributed by atoms with Crippen molar-refractivity contribution in [3.05, 3.63) is 65.2 Å². The molecule has 0 saturated heterocycles. The highest BCUT2D eigenvalue weighted by Crippen LogP contribution is 2.47. The Morgan fingerprint density at radius 3 is 2.41 bits per heavy atom. The molecule has 0 spiro atoms. The third-order valence-electron chi connectivity index (χ3n) is 5.19. The summed E-state index contributed by atoms with van der Waals surface area (Å²) in [5.74, 6) is 0.814. The number of carbonyl (C=O) groups excluding carboxylic acids is 1. The van der Waals surface area contributed by atoms with Gasteiger partial charge in [-0.2, -0.15) is 0 Å². The van der Waals surface area contributed by atoms with Gasteiger partial charge in [0.15, 0.2) is 5.96 Å². The van der Waals surface area contributed by atoms with Crippen molar-refractivity contribution in [1.29, 1.82) is 0 Å². The van der Waals surface area contributed by atoms with Gasteiger partial charge in [-0.1, -0.05) is 36.4 Å². The molecule has 0 heterocycles. The molecule has 2 aromatic carbocycles. The maximum atomic E-state index is 11.9. The number of hydrogen-bond acceptors (Lipinski definition) is 4. The van der Waals surface area contributed by atoms with E-state index in [0.717, 1.165) is 18.1 Å². The van der Waals surface area contributed by atoms with E-state index in [-0.39, 0.29) is 29.4 Å². The lowest BCUT2D eigenvalue weighted by molar-refractivity contribution is 0.0597. The molecule has 2 aromatic rings. The molecule has 1 aliphatic rings. The summed E-state index contributed by atoms with van der Waals surface area (Å²) in [6.07, 6.45) is 2.37. The van der Waals surface area contributed by atoms with Crippen LogP contribution in [0.15, 0.2) is 53.5 Å². The molecule has 1 fully saturated rings. The molecule has 0 bridgehead atoms. The van der Waals surface area contributed by atoms with Crippen LogP contribution in [0.3, 0.4) is 0 Å². The summed E-state index contributed by atoms with van der Waals surface area (Å²) in [6.45, 7) is 1.37. The second-order valence-corrected chi connectivity index (χ2v) is 6.95. The van der Waals surface area contributed by atoms with Gasteiger partial charge in [0.1, 0.15) is 11.3 Å². The Morgan fingerprint density at radius 1 is 1.10 bits per heavy atom. The quantitative estimate of drug-likeness (QED) is 0.259. The molecule has 29 heavy (non-hydrogen) atoms. The predicted octanol–water partition coefficient (Wildman–Crippen LogP) is 3.50. The van der Waals surface area contributed by atoms with Crippen LogP contribution >= 0.6 is 24.0 Å². The first-order valence-corrected chi connectivity index (χ1v) is 9.37. The summed E-state index contributed by atoms with van der Waals surface area (Å²) in [5.41, 5.74) is 2.93. The van der Waals surface area contributed by atoms with Gasteiger partial charge in [0.2, 0.25) is 0 Å². The zero-order chi connectivity index (χ0) is 20.0. The summed E-state index contributed by atoms with van der Waals surface area (Å²) in [6, 6.07) is 16.1. The summed E-state index contributed by atoms with van der Waals surface area (Å²) in [4.78, 5) is 16.2. The van der Waals surface area contributed by atoms with E-state index in [0.29, 0.717) is 17.9 Å². The van der Waals surface area contributed by atoms with Crippen molar-refractivity contribution in [2.45, 2.75) is 24.8 Å². The molecule has 1 aliphatic carbocycles. The van der Waals surface area contributed by atoms with Crippen molar-refractivity contribution >= 4 is 35.9 Å². The van der Waals surface area contributed by atoms with Crippen LogP contribution in [-0.2, 0) is 16.7 Å². The molecule has 0 radical (unpaired) electrons. The molecular weight excluding hydrogens is 481 g/mol. The van der Waals surface area contributed by atoms with Crippen LogP contribution in [-0.4, -0.2) is 39.7 Å². The number of nitrogens with one attached hydrogen (secondary N) is 2. The molecule has 0 aromatic heterocycles. The van der Waals surface area contributed by atoms with Crippen LogP contribution in [0.5, 0.6) is 5.75 Å². The van der Waals surface area contributed by atoms with Crippen molar-refractivity contribution in [3.63, 3.8) is 0 Å². The highest BCUT2D eigenvalue weighted by atomic mass is 127.